The van der Waals surface area contributed by atoms with E-state index >= 15 is 0 Å². The van der Waals surface area contributed by atoms with Crippen molar-refractivity contribution in [3.8, 4) is 5.75 Å². The summed E-state index contributed by atoms with van der Waals surface area (Å²) in [7, 11) is 3.49. The Balaban J connectivity index is 0.00000363. The second-order valence-corrected chi connectivity index (χ2v) is 9.56. The molecule has 2 N–H and O–H groups in total. The molecule has 1 saturated heterocycles. The van der Waals surface area contributed by atoms with Gasteiger partial charge in [-0.05, 0) is 17.7 Å². The monoisotopic (exact) mass is 573 g/mol. The number of morpholine rings is 1. The average molecular weight is 574 g/mol. The van der Waals surface area contributed by atoms with Crippen LogP contribution in [0.3, 0.4) is 0 Å². The van der Waals surface area contributed by atoms with Crippen LogP contribution >= 0.6 is 35.3 Å². The van der Waals surface area contributed by atoms with Crippen LogP contribution in [0.4, 0.5) is 0 Å². The average Bonchev–Trinajstić information content (AvgIpc) is 3.27. The molecule has 2 aromatic rings. The molecule has 0 radical (unpaired) electrons. The zero-order valence-corrected chi connectivity index (χ0v) is 22.8. The predicted octanol–water partition coefficient (Wildman–Crippen LogP) is 3.81. The molecule has 3 rings (SSSR count). The minimum absolute atomic E-state index is 0. The van der Waals surface area contributed by atoms with Gasteiger partial charge in [-0.15, -0.1) is 35.3 Å². The topological polar surface area (TPSA) is 71.0 Å². The number of rotatable bonds is 7. The Morgan fingerprint density at radius 3 is 2.47 bits per heavy atom. The minimum Gasteiger partial charge on any atom is -0.497 e. The number of nitrogens with zero attached hydrogens (tertiary/aromatic N) is 3. The van der Waals surface area contributed by atoms with Crippen molar-refractivity contribution in [2.24, 2.45) is 4.99 Å². The molecule has 9 heteroatoms. The first kappa shape index (κ1) is 26.8. The van der Waals surface area contributed by atoms with Gasteiger partial charge in [0.25, 0.3) is 0 Å². The van der Waals surface area contributed by atoms with Gasteiger partial charge in [0, 0.05) is 37.5 Å². The van der Waals surface area contributed by atoms with Gasteiger partial charge in [-0.3, -0.25) is 9.89 Å². The highest BCUT2D eigenvalue weighted by Gasteiger charge is 2.23. The molecule has 1 aliphatic heterocycles. The van der Waals surface area contributed by atoms with E-state index in [-0.39, 0.29) is 35.4 Å². The van der Waals surface area contributed by atoms with Crippen molar-refractivity contribution in [3.05, 3.63) is 45.9 Å². The van der Waals surface area contributed by atoms with E-state index in [1.54, 1.807) is 25.5 Å². The van der Waals surface area contributed by atoms with Crippen LogP contribution in [0.15, 0.2) is 34.6 Å². The number of thiazole rings is 1. The summed E-state index contributed by atoms with van der Waals surface area (Å²) in [6.07, 6.45) is 0. The molecule has 32 heavy (non-hydrogen) atoms. The second-order valence-electron chi connectivity index (χ2n) is 8.62. The Bertz CT molecular complexity index is 845. The van der Waals surface area contributed by atoms with Crippen molar-refractivity contribution >= 4 is 41.3 Å². The van der Waals surface area contributed by atoms with Crippen molar-refractivity contribution in [1.82, 2.24) is 20.5 Å². The maximum absolute atomic E-state index is 5.56. The molecular formula is C23H36IN5O2S. The van der Waals surface area contributed by atoms with Crippen LogP contribution in [-0.2, 0) is 16.7 Å². The molecule has 0 amide bonds. The molecule has 178 valence electrons. The molecule has 1 aromatic heterocycles. The number of benzene rings is 1. The van der Waals surface area contributed by atoms with Gasteiger partial charge in [-0.2, -0.15) is 0 Å². The number of hydrogen-bond donors (Lipinski definition) is 2. The van der Waals surface area contributed by atoms with Gasteiger partial charge in [-0.1, -0.05) is 32.9 Å². The molecule has 7 nitrogen and oxygen atoms in total. The fourth-order valence-corrected chi connectivity index (χ4v) is 4.44. The highest BCUT2D eigenvalue weighted by atomic mass is 127. The number of aromatic nitrogens is 1. The van der Waals surface area contributed by atoms with Crippen molar-refractivity contribution in [1.29, 1.82) is 0 Å². The van der Waals surface area contributed by atoms with Crippen molar-refractivity contribution < 1.29 is 9.47 Å². The third-order valence-electron chi connectivity index (χ3n) is 5.40. The van der Waals surface area contributed by atoms with E-state index in [1.807, 2.05) is 12.1 Å². The lowest BCUT2D eigenvalue weighted by atomic mass is 9.93. The fourth-order valence-electron chi connectivity index (χ4n) is 3.48. The maximum atomic E-state index is 5.56. The smallest absolute Gasteiger partial charge is 0.191 e. The lowest BCUT2D eigenvalue weighted by molar-refractivity contribution is 0.0170. The van der Waals surface area contributed by atoms with Crippen LogP contribution in [0, 0.1) is 0 Å². The van der Waals surface area contributed by atoms with E-state index in [1.165, 1.54) is 5.56 Å². The van der Waals surface area contributed by atoms with Crippen LogP contribution < -0.4 is 15.4 Å². The molecule has 0 aliphatic carbocycles. The number of methoxy groups -OCH3 is 1. The second kappa shape index (κ2) is 12.7. The zero-order valence-electron chi connectivity index (χ0n) is 19.7. The standard InChI is InChI=1S/C23H35N5O2S.HI/c1-23(2,3)20-16-31-21(27-20)15-26-22(24-4)25-14-19(28-10-12-30-13-11-28)17-6-8-18(29-5)9-7-17;/h6-9,16,19H,10-15H2,1-5H3,(H2,24,25,26);1H. The van der Waals surface area contributed by atoms with E-state index in [0.29, 0.717) is 6.54 Å². The molecule has 1 aromatic carbocycles. The van der Waals surface area contributed by atoms with E-state index < -0.39 is 0 Å². The summed E-state index contributed by atoms with van der Waals surface area (Å²) < 4.78 is 10.9. The maximum Gasteiger partial charge on any atom is 0.191 e. The van der Waals surface area contributed by atoms with Crippen LogP contribution in [0.5, 0.6) is 5.75 Å². The molecule has 0 saturated carbocycles. The third-order valence-corrected chi connectivity index (χ3v) is 6.25. The van der Waals surface area contributed by atoms with E-state index in [9.17, 15) is 0 Å². The molecular weight excluding hydrogens is 537 g/mol. The van der Waals surface area contributed by atoms with Gasteiger partial charge in [-0.25, -0.2) is 4.98 Å². The van der Waals surface area contributed by atoms with Crippen LogP contribution in [-0.4, -0.2) is 62.8 Å². The van der Waals surface area contributed by atoms with Gasteiger partial charge in [0.15, 0.2) is 5.96 Å². The highest BCUT2D eigenvalue weighted by molar-refractivity contribution is 14.0. The van der Waals surface area contributed by atoms with E-state index in [0.717, 1.165) is 55.3 Å². The number of aliphatic imine (C=N–C) groups is 1. The summed E-state index contributed by atoms with van der Waals surface area (Å²) in [5.74, 6) is 1.65. The highest BCUT2D eigenvalue weighted by Crippen LogP contribution is 2.25. The number of halogens is 1. The molecule has 1 unspecified atom stereocenters. The summed E-state index contributed by atoms with van der Waals surface area (Å²) in [6.45, 7) is 11.3. The SMILES string of the molecule is CN=C(NCc1nc(C(C)(C)C)cs1)NCC(c1ccc(OC)cc1)N1CCOCC1.I. The summed E-state index contributed by atoms with van der Waals surface area (Å²) in [6, 6.07) is 8.54. The van der Waals surface area contributed by atoms with Gasteiger partial charge in [0.1, 0.15) is 10.8 Å². The number of ether oxygens (including phenoxy) is 2. The Kier molecular flexibility index (Phi) is 10.7. The zero-order chi connectivity index (χ0) is 22.3. The lowest BCUT2D eigenvalue weighted by Crippen LogP contribution is -2.46. The predicted molar refractivity (Wildman–Crippen MR) is 143 cm³/mol. The van der Waals surface area contributed by atoms with Gasteiger partial charge >= 0.3 is 0 Å². The molecule has 1 fully saturated rings. The summed E-state index contributed by atoms with van der Waals surface area (Å²) in [5, 5.41) is 10.1. The normalized spacial score (nSPS) is 16.2. The first-order valence-electron chi connectivity index (χ1n) is 10.8. The summed E-state index contributed by atoms with van der Waals surface area (Å²) in [4.78, 5) is 11.6. The van der Waals surface area contributed by atoms with Gasteiger partial charge in [0.2, 0.25) is 0 Å². The van der Waals surface area contributed by atoms with E-state index in [2.05, 4.69) is 58.8 Å². The quantitative estimate of drug-likeness (QED) is 0.299. The fraction of sp³-hybridized carbons (Fsp3) is 0.565. The Morgan fingerprint density at radius 1 is 1.22 bits per heavy atom. The van der Waals surface area contributed by atoms with Crippen molar-refractivity contribution in [2.45, 2.75) is 38.8 Å². The number of hydrogen-bond acceptors (Lipinski definition) is 6. The van der Waals surface area contributed by atoms with Crippen molar-refractivity contribution in [2.75, 3.05) is 47.0 Å². The number of guanidine groups is 1. The molecule has 0 spiro atoms. The Labute approximate surface area is 213 Å². The number of nitrogens with one attached hydrogen (secondary N) is 2. The van der Waals surface area contributed by atoms with Crippen LogP contribution in [0.1, 0.15) is 43.1 Å². The van der Waals surface area contributed by atoms with Crippen LogP contribution in [0.25, 0.3) is 0 Å². The molecule has 0 bridgehead atoms. The largest absolute Gasteiger partial charge is 0.497 e. The van der Waals surface area contributed by atoms with Gasteiger partial charge in [0.05, 0.1) is 38.6 Å². The van der Waals surface area contributed by atoms with Crippen molar-refractivity contribution in [3.63, 3.8) is 0 Å². The molecule has 1 atom stereocenters. The summed E-state index contributed by atoms with van der Waals surface area (Å²) >= 11 is 1.69. The lowest BCUT2D eigenvalue weighted by Gasteiger charge is -2.35. The molecule has 1 aliphatic rings. The third kappa shape index (κ3) is 7.57. The molecule has 2 heterocycles. The first-order valence-corrected chi connectivity index (χ1v) is 11.6. The van der Waals surface area contributed by atoms with Gasteiger partial charge < -0.3 is 20.1 Å². The first-order chi connectivity index (χ1) is 14.9. The summed E-state index contributed by atoms with van der Waals surface area (Å²) in [5.41, 5.74) is 2.45. The minimum atomic E-state index is 0. The van der Waals surface area contributed by atoms with E-state index in [4.69, 9.17) is 14.5 Å². The van der Waals surface area contributed by atoms with Crippen LogP contribution in [0.2, 0.25) is 0 Å². The Morgan fingerprint density at radius 2 is 1.91 bits per heavy atom. The Hall–Kier alpha value is -1.43.